The van der Waals surface area contributed by atoms with Crippen LogP contribution in [-0.2, 0) is 14.9 Å². The highest BCUT2D eigenvalue weighted by atomic mass is 16.5. The van der Waals surface area contributed by atoms with Gasteiger partial charge in [-0.3, -0.25) is 0 Å². The van der Waals surface area contributed by atoms with Gasteiger partial charge in [-0.1, -0.05) is 60.7 Å². The van der Waals surface area contributed by atoms with Crippen LogP contribution in [0.15, 0.2) is 66.7 Å². The van der Waals surface area contributed by atoms with Crippen LogP contribution in [-0.4, -0.2) is 40.9 Å². The fraction of sp³-hybridized carbons (Fsp3) is 0.261. The molecule has 6 heteroatoms. The van der Waals surface area contributed by atoms with E-state index >= 15 is 0 Å². The van der Waals surface area contributed by atoms with Crippen molar-refractivity contribution in [3.8, 4) is 6.01 Å². The van der Waals surface area contributed by atoms with Crippen LogP contribution in [0.25, 0.3) is 0 Å². The van der Waals surface area contributed by atoms with E-state index in [2.05, 4.69) is 9.97 Å². The summed E-state index contributed by atoms with van der Waals surface area (Å²) in [6.07, 6.45) is -1.31. The summed E-state index contributed by atoms with van der Waals surface area (Å²) in [5.41, 5.74) is 1.83. The van der Waals surface area contributed by atoms with E-state index in [-0.39, 0.29) is 12.6 Å². The summed E-state index contributed by atoms with van der Waals surface area (Å²) in [6, 6.07) is 20.6. The summed E-state index contributed by atoms with van der Waals surface area (Å²) in [5.74, 6) is -1.13. The van der Waals surface area contributed by atoms with Gasteiger partial charge in [0.2, 0.25) is 6.10 Å². The minimum atomic E-state index is -1.31. The number of hydrogen-bond acceptors (Lipinski definition) is 5. The SMILES string of the molecule is COCC(c1ccccc1)(c1ccccc1)C(Oc1nc(C)cc(C)n1)C(=O)O. The molecule has 29 heavy (non-hydrogen) atoms. The summed E-state index contributed by atoms with van der Waals surface area (Å²) < 4.78 is 11.5. The largest absolute Gasteiger partial charge is 0.478 e. The van der Waals surface area contributed by atoms with E-state index in [4.69, 9.17) is 9.47 Å². The van der Waals surface area contributed by atoms with Gasteiger partial charge in [-0.15, -0.1) is 0 Å². The van der Waals surface area contributed by atoms with Gasteiger partial charge in [0.1, 0.15) is 0 Å². The quantitative estimate of drug-likeness (QED) is 0.631. The Morgan fingerprint density at radius 2 is 1.45 bits per heavy atom. The molecule has 150 valence electrons. The van der Waals surface area contributed by atoms with E-state index in [9.17, 15) is 9.90 Å². The Labute approximate surface area is 170 Å². The lowest BCUT2D eigenvalue weighted by atomic mass is 9.70. The second-order valence-corrected chi connectivity index (χ2v) is 6.91. The fourth-order valence-corrected chi connectivity index (χ4v) is 3.62. The predicted molar refractivity (Wildman–Crippen MR) is 109 cm³/mol. The number of carboxylic acids is 1. The number of benzene rings is 2. The third kappa shape index (κ3) is 4.27. The number of aromatic nitrogens is 2. The summed E-state index contributed by atoms with van der Waals surface area (Å²) in [4.78, 5) is 21.1. The van der Waals surface area contributed by atoms with Crippen molar-refractivity contribution in [2.45, 2.75) is 25.4 Å². The van der Waals surface area contributed by atoms with Gasteiger partial charge < -0.3 is 14.6 Å². The molecule has 1 aromatic heterocycles. The zero-order valence-electron chi connectivity index (χ0n) is 16.7. The van der Waals surface area contributed by atoms with Gasteiger partial charge in [-0.2, -0.15) is 0 Å². The van der Waals surface area contributed by atoms with Gasteiger partial charge in [-0.25, -0.2) is 14.8 Å². The van der Waals surface area contributed by atoms with Crippen LogP contribution in [0.2, 0.25) is 0 Å². The zero-order chi connectivity index (χ0) is 20.9. The smallest absolute Gasteiger partial charge is 0.346 e. The number of ether oxygens (including phenoxy) is 2. The van der Waals surface area contributed by atoms with E-state index in [0.29, 0.717) is 11.4 Å². The van der Waals surface area contributed by atoms with Crippen LogP contribution >= 0.6 is 0 Å². The van der Waals surface area contributed by atoms with Crippen LogP contribution in [0.5, 0.6) is 6.01 Å². The van der Waals surface area contributed by atoms with Gasteiger partial charge >= 0.3 is 12.0 Å². The Kier molecular flexibility index (Phi) is 6.24. The number of rotatable bonds is 8. The van der Waals surface area contributed by atoms with Crippen LogP contribution < -0.4 is 4.74 Å². The summed E-state index contributed by atoms with van der Waals surface area (Å²) >= 11 is 0. The summed E-state index contributed by atoms with van der Waals surface area (Å²) in [7, 11) is 1.55. The van der Waals surface area contributed by atoms with Gasteiger partial charge in [0.05, 0.1) is 12.0 Å². The average Bonchev–Trinajstić information content (AvgIpc) is 2.71. The maximum atomic E-state index is 12.5. The van der Waals surface area contributed by atoms with Crippen LogP contribution in [0.3, 0.4) is 0 Å². The van der Waals surface area contributed by atoms with E-state index in [0.717, 1.165) is 11.1 Å². The first-order valence-corrected chi connectivity index (χ1v) is 9.29. The van der Waals surface area contributed by atoms with Crippen molar-refractivity contribution in [3.63, 3.8) is 0 Å². The standard InChI is InChI=1S/C23H24N2O4/c1-16-14-17(2)25-22(24-16)29-20(21(26)27)23(15-28-3,18-10-6-4-7-11-18)19-12-8-5-9-13-19/h4-14,20H,15H2,1-3H3,(H,26,27). The minimum absolute atomic E-state index is 0.0299. The molecule has 6 nitrogen and oxygen atoms in total. The van der Waals surface area contributed by atoms with E-state index < -0.39 is 17.5 Å². The molecule has 1 atom stereocenters. The summed E-state index contributed by atoms with van der Waals surface area (Å²) in [6.45, 7) is 3.73. The van der Waals surface area contributed by atoms with Gasteiger partial charge in [-0.05, 0) is 31.0 Å². The van der Waals surface area contributed by atoms with Gasteiger partial charge in [0, 0.05) is 18.5 Å². The number of hydrogen-bond donors (Lipinski definition) is 1. The topological polar surface area (TPSA) is 81.5 Å². The van der Waals surface area contributed by atoms with Crippen molar-refractivity contribution in [2.75, 3.05) is 13.7 Å². The maximum Gasteiger partial charge on any atom is 0.346 e. The van der Waals surface area contributed by atoms with E-state index in [1.165, 1.54) is 0 Å². The Hall–Kier alpha value is -3.25. The van der Waals surface area contributed by atoms with E-state index in [1.807, 2.05) is 74.5 Å². The first kappa shape index (κ1) is 20.5. The maximum absolute atomic E-state index is 12.5. The van der Waals surface area contributed by atoms with E-state index in [1.54, 1.807) is 13.2 Å². The predicted octanol–water partition coefficient (Wildman–Crippen LogP) is 3.56. The Morgan fingerprint density at radius 1 is 0.966 bits per heavy atom. The Bertz CT molecular complexity index is 901. The van der Waals surface area contributed by atoms with Crippen LogP contribution in [0.4, 0.5) is 0 Å². The lowest BCUT2D eigenvalue weighted by molar-refractivity contribution is -0.149. The molecule has 0 aliphatic carbocycles. The van der Waals surface area contributed by atoms with Crippen LogP contribution in [0.1, 0.15) is 22.5 Å². The molecule has 1 unspecified atom stereocenters. The number of nitrogens with zero attached hydrogens (tertiary/aromatic N) is 2. The Balaban J connectivity index is 2.22. The molecule has 0 saturated heterocycles. The number of aryl methyl sites for hydroxylation is 2. The number of carboxylic acid groups (broad SMARTS) is 1. The minimum Gasteiger partial charge on any atom is -0.478 e. The van der Waals surface area contributed by atoms with Gasteiger partial charge in [0.25, 0.3) is 0 Å². The van der Waals surface area contributed by atoms with Crippen molar-refractivity contribution in [2.24, 2.45) is 0 Å². The van der Waals surface area contributed by atoms with Crippen molar-refractivity contribution >= 4 is 5.97 Å². The third-order valence-corrected chi connectivity index (χ3v) is 4.81. The molecule has 3 aromatic rings. The second-order valence-electron chi connectivity index (χ2n) is 6.91. The molecular weight excluding hydrogens is 368 g/mol. The molecular formula is C23H24N2O4. The van der Waals surface area contributed by atoms with Gasteiger partial charge in [0.15, 0.2) is 0 Å². The highest BCUT2D eigenvalue weighted by Gasteiger charge is 2.49. The lowest BCUT2D eigenvalue weighted by Gasteiger charge is -2.38. The Morgan fingerprint density at radius 3 is 1.86 bits per heavy atom. The molecule has 3 rings (SSSR count). The lowest BCUT2D eigenvalue weighted by Crippen LogP contribution is -2.52. The van der Waals surface area contributed by atoms with Crippen molar-refractivity contribution in [3.05, 3.63) is 89.2 Å². The van der Waals surface area contributed by atoms with Crippen molar-refractivity contribution in [1.29, 1.82) is 0 Å². The van der Waals surface area contributed by atoms with Crippen molar-refractivity contribution < 1.29 is 19.4 Å². The zero-order valence-corrected chi connectivity index (χ0v) is 16.7. The first-order valence-electron chi connectivity index (χ1n) is 9.29. The fourth-order valence-electron chi connectivity index (χ4n) is 3.62. The summed E-state index contributed by atoms with van der Waals surface area (Å²) in [5, 5.41) is 10.2. The normalized spacial score (nSPS) is 12.4. The number of carbonyl (C=O) groups is 1. The molecule has 0 fully saturated rings. The van der Waals surface area contributed by atoms with Crippen LogP contribution in [0, 0.1) is 13.8 Å². The molecule has 1 heterocycles. The molecule has 0 radical (unpaired) electrons. The highest BCUT2D eigenvalue weighted by molar-refractivity contribution is 5.77. The second kappa shape index (κ2) is 8.84. The third-order valence-electron chi connectivity index (χ3n) is 4.81. The average molecular weight is 392 g/mol. The monoisotopic (exact) mass is 392 g/mol. The number of aliphatic carboxylic acids is 1. The molecule has 0 bridgehead atoms. The first-order chi connectivity index (χ1) is 14.0. The molecule has 0 aliphatic rings. The number of methoxy groups -OCH3 is 1. The highest BCUT2D eigenvalue weighted by Crippen LogP contribution is 2.38. The molecule has 2 aromatic carbocycles. The molecule has 1 N–H and O–H groups in total. The molecule has 0 saturated carbocycles. The molecule has 0 aliphatic heterocycles. The van der Waals surface area contributed by atoms with Crippen molar-refractivity contribution in [1.82, 2.24) is 9.97 Å². The molecule has 0 spiro atoms. The molecule has 0 amide bonds.